The second-order valence-electron chi connectivity index (χ2n) is 4.34. The number of hydrogen-bond donors (Lipinski definition) is 2. The van der Waals surface area contributed by atoms with Crippen molar-refractivity contribution in [2.45, 2.75) is 26.3 Å². The van der Waals surface area contributed by atoms with Gasteiger partial charge in [-0.05, 0) is 24.7 Å². The maximum Gasteiger partial charge on any atom is 0.166 e. The van der Waals surface area contributed by atoms with Gasteiger partial charge in [-0.15, -0.1) is 0 Å². The van der Waals surface area contributed by atoms with Crippen molar-refractivity contribution < 1.29 is 0 Å². The molecule has 0 amide bonds. The van der Waals surface area contributed by atoms with Crippen LogP contribution in [0.1, 0.15) is 25.3 Å². The smallest absolute Gasteiger partial charge is 0.166 e. The van der Waals surface area contributed by atoms with Crippen LogP contribution in [-0.4, -0.2) is 30.7 Å². The number of nitrogens with zero attached hydrogens (tertiary/aromatic N) is 2. The van der Waals surface area contributed by atoms with Crippen LogP contribution in [-0.2, 0) is 6.54 Å². The molecule has 0 radical (unpaired) electrons. The van der Waals surface area contributed by atoms with E-state index in [2.05, 4.69) is 28.6 Å². The zero-order valence-electron chi connectivity index (χ0n) is 11.4. The minimum absolute atomic E-state index is 0.694. The van der Waals surface area contributed by atoms with Gasteiger partial charge in [0.15, 0.2) is 5.11 Å². The molecule has 2 N–H and O–H groups in total. The minimum atomic E-state index is 0.694. The van der Waals surface area contributed by atoms with Gasteiger partial charge >= 0.3 is 0 Å². The Bertz CT molecular complexity index is 379. The standard InChI is InChI=1S/C13H22N4S/c1-4-5-8-15-13(18)16-10-11-7-6-9-14-12(11)17(2)3/h6-7,9H,4-5,8,10H2,1-3H3,(H2,15,16,18). The Morgan fingerprint density at radius 3 is 2.83 bits per heavy atom. The van der Waals surface area contributed by atoms with Gasteiger partial charge in [0.1, 0.15) is 5.82 Å². The average Bonchev–Trinajstić information content (AvgIpc) is 2.37. The summed E-state index contributed by atoms with van der Waals surface area (Å²) in [4.78, 5) is 6.36. The third-order valence-electron chi connectivity index (χ3n) is 2.55. The summed E-state index contributed by atoms with van der Waals surface area (Å²) < 4.78 is 0. The maximum absolute atomic E-state index is 5.22. The molecule has 0 bridgehead atoms. The molecular formula is C13H22N4S. The van der Waals surface area contributed by atoms with Crippen LogP contribution < -0.4 is 15.5 Å². The van der Waals surface area contributed by atoms with Gasteiger partial charge in [0.05, 0.1) is 0 Å². The first-order chi connectivity index (χ1) is 8.65. The molecule has 0 atom stereocenters. The molecule has 0 unspecified atom stereocenters. The number of rotatable bonds is 6. The topological polar surface area (TPSA) is 40.2 Å². The van der Waals surface area contributed by atoms with Crippen LogP contribution in [0.2, 0.25) is 0 Å². The number of hydrogen-bond acceptors (Lipinski definition) is 3. The van der Waals surface area contributed by atoms with E-state index in [0.29, 0.717) is 11.7 Å². The lowest BCUT2D eigenvalue weighted by Crippen LogP contribution is -2.35. The molecule has 1 aromatic rings. The van der Waals surface area contributed by atoms with Gasteiger partial charge in [0, 0.05) is 38.9 Å². The zero-order valence-corrected chi connectivity index (χ0v) is 12.2. The zero-order chi connectivity index (χ0) is 13.4. The SMILES string of the molecule is CCCCNC(=S)NCc1cccnc1N(C)C. The second-order valence-corrected chi connectivity index (χ2v) is 4.75. The second kappa shape index (κ2) is 7.87. The average molecular weight is 266 g/mol. The van der Waals surface area contributed by atoms with Crippen LogP contribution in [0.4, 0.5) is 5.82 Å². The van der Waals surface area contributed by atoms with Crippen molar-refractivity contribution in [2.24, 2.45) is 0 Å². The molecule has 1 rings (SSSR count). The molecule has 0 aliphatic heterocycles. The van der Waals surface area contributed by atoms with E-state index in [1.54, 1.807) is 6.20 Å². The molecule has 0 aliphatic rings. The van der Waals surface area contributed by atoms with Crippen LogP contribution in [0.5, 0.6) is 0 Å². The molecule has 0 aromatic carbocycles. The number of thiocarbonyl (C=S) groups is 1. The van der Waals surface area contributed by atoms with Crippen molar-refractivity contribution in [3.05, 3.63) is 23.9 Å². The lowest BCUT2D eigenvalue weighted by atomic mass is 10.2. The molecule has 5 heteroatoms. The lowest BCUT2D eigenvalue weighted by Gasteiger charge is -2.17. The van der Waals surface area contributed by atoms with Gasteiger partial charge < -0.3 is 15.5 Å². The molecule has 0 saturated heterocycles. The minimum Gasteiger partial charge on any atom is -0.363 e. The predicted octanol–water partition coefficient (Wildman–Crippen LogP) is 1.91. The summed E-state index contributed by atoms with van der Waals surface area (Å²) in [5.74, 6) is 0.973. The fraction of sp³-hybridized carbons (Fsp3) is 0.538. The largest absolute Gasteiger partial charge is 0.363 e. The van der Waals surface area contributed by atoms with Crippen LogP contribution in [0.3, 0.4) is 0 Å². The lowest BCUT2D eigenvalue weighted by molar-refractivity contribution is 0.738. The van der Waals surface area contributed by atoms with Crippen molar-refractivity contribution in [1.82, 2.24) is 15.6 Å². The first-order valence-electron chi connectivity index (χ1n) is 6.28. The fourth-order valence-corrected chi connectivity index (χ4v) is 1.76. The van der Waals surface area contributed by atoms with Gasteiger partial charge in [-0.25, -0.2) is 4.98 Å². The van der Waals surface area contributed by atoms with Crippen molar-refractivity contribution >= 4 is 23.1 Å². The van der Waals surface area contributed by atoms with Crippen molar-refractivity contribution in [1.29, 1.82) is 0 Å². The Labute approximate surface area is 115 Å². The monoisotopic (exact) mass is 266 g/mol. The molecule has 100 valence electrons. The number of anilines is 1. The van der Waals surface area contributed by atoms with Gasteiger partial charge in [-0.1, -0.05) is 19.4 Å². The van der Waals surface area contributed by atoms with E-state index in [0.717, 1.165) is 24.3 Å². The summed E-state index contributed by atoms with van der Waals surface area (Å²) in [7, 11) is 3.98. The Morgan fingerprint density at radius 1 is 1.39 bits per heavy atom. The van der Waals surface area contributed by atoms with E-state index in [1.165, 1.54) is 6.42 Å². The summed E-state index contributed by atoms with van der Waals surface area (Å²) in [5.41, 5.74) is 1.14. The summed E-state index contributed by atoms with van der Waals surface area (Å²) in [5, 5.41) is 7.10. The molecule has 0 spiro atoms. The highest BCUT2D eigenvalue weighted by atomic mass is 32.1. The summed E-state index contributed by atoms with van der Waals surface area (Å²) >= 11 is 5.22. The molecule has 0 fully saturated rings. The highest BCUT2D eigenvalue weighted by Gasteiger charge is 2.05. The number of pyridine rings is 1. The van der Waals surface area contributed by atoms with E-state index in [-0.39, 0.29) is 0 Å². The van der Waals surface area contributed by atoms with E-state index < -0.39 is 0 Å². The summed E-state index contributed by atoms with van der Waals surface area (Å²) in [6, 6.07) is 4.00. The number of unbranched alkanes of at least 4 members (excludes halogenated alkanes) is 1. The van der Waals surface area contributed by atoms with Crippen LogP contribution in [0.25, 0.3) is 0 Å². The van der Waals surface area contributed by atoms with Crippen molar-refractivity contribution in [3.8, 4) is 0 Å². The number of nitrogens with one attached hydrogen (secondary N) is 2. The van der Waals surface area contributed by atoms with E-state index >= 15 is 0 Å². The van der Waals surface area contributed by atoms with Crippen molar-refractivity contribution in [3.63, 3.8) is 0 Å². The third-order valence-corrected chi connectivity index (χ3v) is 2.84. The normalized spacial score (nSPS) is 9.94. The van der Waals surface area contributed by atoms with Crippen LogP contribution in [0, 0.1) is 0 Å². The molecule has 18 heavy (non-hydrogen) atoms. The van der Waals surface area contributed by atoms with E-state index in [9.17, 15) is 0 Å². The highest BCUT2D eigenvalue weighted by molar-refractivity contribution is 7.80. The summed E-state index contributed by atoms with van der Waals surface area (Å²) in [6.07, 6.45) is 4.11. The Balaban J connectivity index is 2.45. The molecule has 1 heterocycles. The molecule has 0 saturated carbocycles. The Hall–Kier alpha value is -1.36. The predicted molar refractivity (Wildman–Crippen MR) is 80.9 cm³/mol. The van der Waals surface area contributed by atoms with Crippen molar-refractivity contribution in [2.75, 3.05) is 25.5 Å². The maximum atomic E-state index is 5.22. The summed E-state index contributed by atoms with van der Waals surface area (Å²) in [6.45, 7) is 3.78. The Kier molecular flexibility index (Phi) is 6.43. The molecule has 4 nitrogen and oxygen atoms in total. The number of aromatic nitrogens is 1. The van der Waals surface area contributed by atoms with E-state index in [1.807, 2.05) is 25.1 Å². The van der Waals surface area contributed by atoms with Gasteiger partial charge in [-0.3, -0.25) is 0 Å². The van der Waals surface area contributed by atoms with Gasteiger partial charge in [-0.2, -0.15) is 0 Å². The quantitative estimate of drug-likeness (QED) is 0.608. The molecular weight excluding hydrogens is 244 g/mol. The first-order valence-corrected chi connectivity index (χ1v) is 6.69. The van der Waals surface area contributed by atoms with Crippen LogP contribution >= 0.6 is 12.2 Å². The molecule has 0 aliphatic carbocycles. The van der Waals surface area contributed by atoms with Gasteiger partial charge in [0.2, 0.25) is 0 Å². The van der Waals surface area contributed by atoms with Crippen LogP contribution in [0.15, 0.2) is 18.3 Å². The third kappa shape index (κ3) is 4.87. The Morgan fingerprint density at radius 2 is 2.17 bits per heavy atom. The van der Waals surface area contributed by atoms with E-state index in [4.69, 9.17) is 12.2 Å². The first kappa shape index (κ1) is 14.7. The fourth-order valence-electron chi connectivity index (χ4n) is 1.59. The molecule has 1 aromatic heterocycles. The van der Waals surface area contributed by atoms with Gasteiger partial charge in [0.25, 0.3) is 0 Å². The highest BCUT2D eigenvalue weighted by Crippen LogP contribution is 2.13.